The van der Waals surface area contributed by atoms with Gasteiger partial charge in [0, 0.05) is 31.5 Å². The fraction of sp³-hybridized carbons (Fsp3) is 0.450. The van der Waals surface area contributed by atoms with Gasteiger partial charge in [-0.15, -0.1) is 0 Å². The lowest BCUT2D eigenvalue weighted by Crippen LogP contribution is -2.38. The second-order valence-corrected chi connectivity index (χ2v) is 9.01. The molecule has 28 heavy (non-hydrogen) atoms. The Bertz CT molecular complexity index is 897. The first-order valence-corrected chi connectivity index (χ1v) is 11.1. The summed E-state index contributed by atoms with van der Waals surface area (Å²) in [7, 11) is -3.56. The molecule has 3 heterocycles. The third-order valence-corrected chi connectivity index (χ3v) is 6.64. The van der Waals surface area contributed by atoms with E-state index in [0.29, 0.717) is 37.2 Å². The summed E-state index contributed by atoms with van der Waals surface area (Å²) in [4.78, 5) is 6.76. The number of piperidine rings is 1. The van der Waals surface area contributed by atoms with Crippen LogP contribution in [0.4, 0.5) is 0 Å². The molecule has 8 heteroatoms. The van der Waals surface area contributed by atoms with Crippen molar-refractivity contribution < 1.29 is 17.9 Å². The van der Waals surface area contributed by atoms with E-state index in [1.807, 2.05) is 12.3 Å². The minimum absolute atomic E-state index is 0.214. The van der Waals surface area contributed by atoms with Crippen molar-refractivity contribution in [3.05, 3.63) is 48.3 Å². The Kier molecular flexibility index (Phi) is 5.79. The largest absolute Gasteiger partial charge is 0.486 e. The first kappa shape index (κ1) is 19.2. The molecule has 1 aromatic carbocycles. The zero-order valence-corrected chi connectivity index (χ0v) is 16.5. The van der Waals surface area contributed by atoms with Crippen molar-refractivity contribution in [3.63, 3.8) is 0 Å². The van der Waals surface area contributed by atoms with E-state index in [9.17, 15) is 8.42 Å². The van der Waals surface area contributed by atoms with Crippen LogP contribution in [0.5, 0.6) is 11.5 Å². The number of hydrogen-bond acceptors (Lipinski definition) is 6. The average Bonchev–Trinajstić information content (AvgIpc) is 2.74. The summed E-state index contributed by atoms with van der Waals surface area (Å²) in [6, 6.07) is 8.79. The van der Waals surface area contributed by atoms with Gasteiger partial charge >= 0.3 is 0 Å². The predicted molar refractivity (Wildman–Crippen MR) is 105 cm³/mol. The maximum atomic E-state index is 12.6. The van der Waals surface area contributed by atoms with E-state index in [0.717, 1.165) is 32.5 Å². The summed E-state index contributed by atoms with van der Waals surface area (Å²) in [5.74, 6) is 1.42. The second-order valence-electron chi connectivity index (χ2n) is 7.24. The smallest absolute Gasteiger partial charge is 0.240 e. The van der Waals surface area contributed by atoms with Crippen LogP contribution < -0.4 is 14.2 Å². The van der Waals surface area contributed by atoms with Gasteiger partial charge in [0.25, 0.3) is 0 Å². The first-order valence-electron chi connectivity index (χ1n) is 9.61. The quantitative estimate of drug-likeness (QED) is 0.795. The van der Waals surface area contributed by atoms with E-state index in [4.69, 9.17) is 9.47 Å². The lowest BCUT2D eigenvalue weighted by molar-refractivity contribution is 0.171. The first-order chi connectivity index (χ1) is 13.6. The molecule has 0 aliphatic carbocycles. The van der Waals surface area contributed by atoms with Crippen molar-refractivity contribution in [2.24, 2.45) is 5.92 Å². The number of nitrogens with one attached hydrogen (secondary N) is 1. The number of fused-ring (bicyclic) bond motifs is 1. The zero-order chi connectivity index (χ0) is 19.4. The Labute approximate surface area is 165 Å². The molecule has 0 atom stereocenters. The van der Waals surface area contributed by atoms with Crippen molar-refractivity contribution in [1.82, 2.24) is 14.6 Å². The lowest BCUT2D eigenvalue weighted by atomic mass is 9.97. The van der Waals surface area contributed by atoms with Crippen LogP contribution in [0.1, 0.15) is 18.4 Å². The number of sulfonamides is 1. The van der Waals surface area contributed by atoms with Crippen LogP contribution in [0.2, 0.25) is 0 Å². The lowest BCUT2D eigenvalue weighted by Gasteiger charge is -2.32. The molecule has 2 aliphatic heterocycles. The summed E-state index contributed by atoms with van der Waals surface area (Å²) in [6.45, 7) is 4.19. The Balaban J connectivity index is 1.29. The fourth-order valence-electron chi connectivity index (χ4n) is 3.60. The molecule has 0 unspecified atom stereocenters. The second kappa shape index (κ2) is 8.46. The minimum atomic E-state index is -3.56. The summed E-state index contributed by atoms with van der Waals surface area (Å²) in [5, 5.41) is 0. The molecule has 1 saturated heterocycles. The van der Waals surface area contributed by atoms with E-state index in [2.05, 4.69) is 20.7 Å². The maximum Gasteiger partial charge on any atom is 0.240 e. The standard InChI is InChI=1S/C20H25N3O4S/c24-28(25,18-3-4-19-20(12-18)27-11-10-26-19)22-14-16-5-8-23(9-6-16)15-17-2-1-7-21-13-17/h1-4,7,12-13,16,22H,5-6,8-11,14-15H2. The van der Waals surface area contributed by atoms with Gasteiger partial charge in [-0.05, 0) is 55.6 Å². The van der Waals surface area contributed by atoms with E-state index in [-0.39, 0.29) is 4.90 Å². The summed E-state index contributed by atoms with van der Waals surface area (Å²) in [5.41, 5.74) is 1.21. The SMILES string of the molecule is O=S(=O)(NCC1CCN(Cc2cccnc2)CC1)c1ccc2c(c1)OCCO2. The Morgan fingerprint density at radius 1 is 1.11 bits per heavy atom. The van der Waals surface area contributed by atoms with Gasteiger partial charge in [-0.3, -0.25) is 9.88 Å². The highest BCUT2D eigenvalue weighted by Gasteiger charge is 2.23. The van der Waals surface area contributed by atoms with Crippen LogP contribution in [-0.4, -0.2) is 51.1 Å². The van der Waals surface area contributed by atoms with Crippen LogP contribution in [0, 0.1) is 5.92 Å². The van der Waals surface area contributed by atoms with Crippen molar-refractivity contribution in [2.75, 3.05) is 32.8 Å². The van der Waals surface area contributed by atoms with Gasteiger partial charge in [0.2, 0.25) is 10.0 Å². The normalized spacial score (nSPS) is 18.1. The summed E-state index contributed by atoms with van der Waals surface area (Å²) in [6.07, 6.45) is 5.63. The fourth-order valence-corrected chi connectivity index (χ4v) is 4.73. The van der Waals surface area contributed by atoms with Crippen molar-refractivity contribution in [1.29, 1.82) is 0 Å². The Hall–Kier alpha value is -2.16. The molecule has 0 amide bonds. The van der Waals surface area contributed by atoms with E-state index in [1.165, 1.54) is 11.6 Å². The highest BCUT2D eigenvalue weighted by atomic mass is 32.2. The average molecular weight is 404 g/mol. The number of benzene rings is 1. The number of likely N-dealkylation sites (tertiary alicyclic amines) is 1. The topological polar surface area (TPSA) is 80.8 Å². The molecule has 2 aliphatic rings. The van der Waals surface area contributed by atoms with Crippen molar-refractivity contribution in [2.45, 2.75) is 24.3 Å². The molecule has 2 aromatic rings. The van der Waals surface area contributed by atoms with Gasteiger partial charge in [-0.1, -0.05) is 6.07 Å². The van der Waals surface area contributed by atoms with Gasteiger partial charge in [-0.2, -0.15) is 0 Å². The third-order valence-electron chi connectivity index (χ3n) is 5.22. The monoisotopic (exact) mass is 403 g/mol. The van der Waals surface area contributed by atoms with Gasteiger partial charge in [0.15, 0.2) is 11.5 Å². The number of pyridine rings is 1. The number of nitrogens with zero attached hydrogens (tertiary/aromatic N) is 2. The zero-order valence-electron chi connectivity index (χ0n) is 15.7. The Morgan fingerprint density at radius 3 is 2.64 bits per heavy atom. The van der Waals surface area contributed by atoms with Gasteiger partial charge in [0.05, 0.1) is 4.90 Å². The van der Waals surface area contributed by atoms with Crippen LogP contribution in [-0.2, 0) is 16.6 Å². The van der Waals surface area contributed by atoms with Crippen LogP contribution in [0.25, 0.3) is 0 Å². The van der Waals surface area contributed by atoms with Crippen LogP contribution >= 0.6 is 0 Å². The van der Waals surface area contributed by atoms with Crippen molar-refractivity contribution >= 4 is 10.0 Å². The molecule has 0 radical (unpaired) electrons. The molecule has 1 fully saturated rings. The Morgan fingerprint density at radius 2 is 1.89 bits per heavy atom. The van der Waals surface area contributed by atoms with Crippen LogP contribution in [0.15, 0.2) is 47.6 Å². The third kappa shape index (κ3) is 4.63. The molecule has 7 nitrogen and oxygen atoms in total. The maximum absolute atomic E-state index is 12.6. The van der Waals surface area contributed by atoms with E-state index in [1.54, 1.807) is 18.3 Å². The molecule has 150 valence electrons. The van der Waals surface area contributed by atoms with E-state index < -0.39 is 10.0 Å². The van der Waals surface area contributed by atoms with Gasteiger partial charge < -0.3 is 9.47 Å². The molecule has 1 aromatic heterocycles. The van der Waals surface area contributed by atoms with Gasteiger partial charge in [0.1, 0.15) is 13.2 Å². The minimum Gasteiger partial charge on any atom is -0.486 e. The van der Waals surface area contributed by atoms with Crippen LogP contribution in [0.3, 0.4) is 0 Å². The van der Waals surface area contributed by atoms with Gasteiger partial charge in [-0.25, -0.2) is 13.1 Å². The molecule has 0 bridgehead atoms. The predicted octanol–water partition coefficient (Wildman–Crippen LogP) is 2.04. The molecular formula is C20H25N3O4S. The molecular weight excluding hydrogens is 378 g/mol. The molecule has 0 spiro atoms. The van der Waals surface area contributed by atoms with Crippen molar-refractivity contribution in [3.8, 4) is 11.5 Å². The number of rotatable bonds is 6. The van der Waals surface area contributed by atoms with E-state index >= 15 is 0 Å². The summed E-state index contributed by atoms with van der Waals surface area (Å²) < 4.78 is 39.0. The molecule has 1 N–H and O–H groups in total. The number of aromatic nitrogens is 1. The number of ether oxygens (including phenoxy) is 2. The highest BCUT2D eigenvalue weighted by Crippen LogP contribution is 2.32. The molecule has 0 saturated carbocycles. The highest BCUT2D eigenvalue weighted by molar-refractivity contribution is 7.89. The summed E-state index contributed by atoms with van der Waals surface area (Å²) >= 11 is 0. The number of hydrogen-bond donors (Lipinski definition) is 1. The molecule has 4 rings (SSSR count).